The lowest BCUT2D eigenvalue weighted by atomic mass is 10.0. The van der Waals surface area contributed by atoms with Crippen LogP contribution in [0, 0.1) is 6.92 Å². The van der Waals surface area contributed by atoms with Crippen molar-refractivity contribution in [1.82, 2.24) is 10.2 Å². The number of benzene rings is 2. The predicted octanol–water partition coefficient (Wildman–Crippen LogP) is 4.17. The van der Waals surface area contributed by atoms with Crippen LogP contribution >= 0.6 is 0 Å². The van der Waals surface area contributed by atoms with Gasteiger partial charge in [-0.2, -0.15) is 0 Å². The van der Waals surface area contributed by atoms with Crippen molar-refractivity contribution in [3.63, 3.8) is 0 Å². The third-order valence-corrected chi connectivity index (χ3v) is 4.90. The van der Waals surface area contributed by atoms with Crippen LogP contribution in [0.25, 0.3) is 0 Å². The number of urea groups is 1. The lowest BCUT2D eigenvalue weighted by molar-refractivity contribution is -0.137. The van der Waals surface area contributed by atoms with Gasteiger partial charge in [-0.15, -0.1) is 0 Å². The van der Waals surface area contributed by atoms with E-state index in [1.807, 2.05) is 68.4 Å². The second-order valence-electron chi connectivity index (χ2n) is 6.91. The van der Waals surface area contributed by atoms with Crippen LogP contribution in [0.1, 0.15) is 42.5 Å². The molecule has 0 heterocycles. The smallest absolute Gasteiger partial charge is 0.317 e. The van der Waals surface area contributed by atoms with Crippen molar-refractivity contribution in [3.8, 4) is 0 Å². The summed E-state index contributed by atoms with van der Waals surface area (Å²) in [6.45, 7) is 4.02. The molecule has 0 aliphatic rings. The van der Waals surface area contributed by atoms with Crippen molar-refractivity contribution in [2.24, 2.45) is 0 Å². The molecule has 0 aliphatic heterocycles. The first-order valence-corrected chi connectivity index (χ1v) is 9.23. The molecule has 144 valence electrons. The standard InChI is InChI=1S/C22H28N2O3/c1-16-9-7-8-12-20(16)17(2)24(3)22(27)23-19(13-14-21(25)26)15-18-10-5-4-6-11-18/h4-12,17,19H,13-15H2,1-3H3,(H,23,27)(H,25,26). The molecular weight excluding hydrogens is 340 g/mol. The summed E-state index contributed by atoms with van der Waals surface area (Å²) >= 11 is 0. The van der Waals surface area contributed by atoms with Gasteiger partial charge in [0.1, 0.15) is 0 Å². The maximum atomic E-state index is 12.8. The summed E-state index contributed by atoms with van der Waals surface area (Å²) < 4.78 is 0. The van der Waals surface area contributed by atoms with E-state index < -0.39 is 5.97 Å². The summed E-state index contributed by atoms with van der Waals surface area (Å²) in [4.78, 5) is 25.4. The first-order valence-electron chi connectivity index (χ1n) is 9.23. The van der Waals surface area contributed by atoms with E-state index >= 15 is 0 Å². The molecule has 0 aliphatic carbocycles. The second kappa shape index (κ2) is 9.76. The summed E-state index contributed by atoms with van der Waals surface area (Å²) in [6.07, 6.45) is 1.02. The normalized spacial score (nSPS) is 12.9. The Morgan fingerprint density at radius 2 is 1.70 bits per heavy atom. The minimum Gasteiger partial charge on any atom is -0.481 e. The van der Waals surface area contributed by atoms with Crippen molar-refractivity contribution in [1.29, 1.82) is 0 Å². The van der Waals surface area contributed by atoms with E-state index in [4.69, 9.17) is 5.11 Å². The first kappa shape index (κ1) is 20.5. The zero-order chi connectivity index (χ0) is 19.8. The monoisotopic (exact) mass is 368 g/mol. The molecule has 0 bridgehead atoms. The first-order chi connectivity index (χ1) is 12.9. The van der Waals surface area contributed by atoms with E-state index in [2.05, 4.69) is 5.32 Å². The fourth-order valence-electron chi connectivity index (χ4n) is 3.14. The van der Waals surface area contributed by atoms with E-state index in [9.17, 15) is 9.59 Å². The van der Waals surface area contributed by atoms with Gasteiger partial charge in [0.05, 0.1) is 6.04 Å². The van der Waals surface area contributed by atoms with Crippen molar-refractivity contribution in [3.05, 3.63) is 71.3 Å². The largest absolute Gasteiger partial charge is 0.481 e. The van der Waals surface area contributed by atoms with Crippen LogP contribution in [0.15, 0.2) is 54.6 Å². The van der Waals surface area contributed by atoms with Crippen LogP contribution in [-0.2, 0) is 11.2 Å². The van der Waals surface area contributed by atoms with Crippen LogP contribution in [-0.4, -0.2) is 35.1 Å². The molecular formula is C22H28N2O3. The van der Waals surface area contributed by atoms with Crippen molar-refractivity contribution >= 4 is 12.0 Å². The highest BCUT2D eigenvalue weighted by atomic mass is 16.4. The van der Waals surface area contributed by atoms with Gasteiger partial charge in [0, 0.05) is 19.5 Å². The molecule has 5 heteroatoms. The summed E-state index contributed by atoms with van der Waals surface area (Å²) in [7, 11) is 1.77. The van der Waals surface area contributed by atoms with E-state index in [1.165, 1.54) is 0 Å². The maximum Gasteiger partial charge on any atom is 0.317 e. The number of hydrogen-bond acceptors (Lipinski definition) is 2. The van der Waals surface area contributed by atoms with Gasteiger partial charge in [-0.25, -0.2) is 4.79 Å². The molecule has 2 aromatic rings. The van der Waals surface area contributed by atoms with Crippen LogP contribution in [0.4, 0.5) is 4.79 Å². The number of amides is 2. The number of nitrogens with zero attached hydrogens (tertiary/aromatic N) is 1. The average molecular weight is 368 g/mol. The Balaban J connectivity index is 2.06. The minimum absolute atomic E-state index is 0.0227. The molecule has 0 fully saturated rings. The zero-order valence-electron chi connectivity index (χ0n) is 16.2. The summed E-state index contributed by atoms with van der Waals surface area (Å²) in [5.41, 5.74) is 3.31. The van der Waals surface area contributed by atoms with Gasteiger partial charge in [-0.05, 0) is 43.4 Å². The number of carboxylic acids is 1. The molecule has 2 amide bonds. The van der Waals surface area contributed by atoms with Crippen molar-refractivity contribution < 1.29 is 14.7 Å². The molecule has 2 unspecified atom stereocenters. The number of hydrogen-bond donors (Lipinski definition) is 2. The molecule has 2 rings (SSSR count). The number of carboxylic acid groups (broad SMARTS) is 1. The molecule has 0 saturated heterocycles. The fourth-order valence-corrected chi connectivity index (χ4v) is 3.14. The Kier molecular flexibility index (Phi) is 7.41. The topological polar surface area (TPSA) is 69.6 Å². The molecule has 2 aromatic carbocycles. The third kappa shape index (κ3) is 6.13. The number of aliphatic carboxylic acids is 1. The van der Waals surface area contributed by atoms with Crippen LogP contribution < -0.4 is 5.32 Å². The van der Waals surface area contributed by atoms with Gasteiger partial charge >= 0.3 is 12.0 Å². The van der Waals surface area contributed by atoms with E-state index in [1.54, 1.807) is 11.9 Å². The molecule has 2 N–H and O–H groups in total. The molecule has 2 atom stereocenters. The highest BCUT2D eigenvalue weighted by Gasteiger charge is 2.22. The number of carbonyl (C=O) groups is 2. The third-order valence-electron chi connectivity index (χ3n) is 4.90. The number of nitrogens with one attached hydrogen (secondary N) is 1. The SMILES string of the molecule is Cc1ccccc1C(C)N(C)C(=O)NC(CCC(=O)O)Cc1ccccc1. The van der Waals surface area contributed by atoms with E-state index in [-0.39, 0.29) is 24.5 Å². The van der Waals surface area contributed by atoms with E-state index in [0.717, 1.165) is 16.7 Å². The Morgan fingerprint density at radius 3 is 2.33 bits per heavy atom. The summed E-state index contributed by atoms with van der Waals surface area (Å²) in [5.74, 6) is -0.857. The van der Waals surface area contributed by atoms with Gasteiger partial charge < -0.3 is 15.3 Å². The molecule has 0 saturated carbocycles. The quantitative estimate of drug-likeness (QED) is 0.734. The molecule has 5 nitrogen and oxygen atoms in total. The van der Waals surface area contributed by atoms with Crippen LogP contribution in [0.2, 0.25) is 0 Å². The van der Waals surface area contributed by atoms with Gasteiger partial charge in [0.25, 0.3) is 0 Å². The van der Waals surface area contributed by atoms with Gasteiger partial charge in [-0.1, -0.05) is 54.6 Å². The van der Waals surface area contributed by atoms with Crippen LogP contribution in [0.3, 0.4) is 0 Å². The number of rotatable bonds is 8. The second-order valence-corrected chi connectivity index (χ2v) is 6.91. The van der Waals surface area contributed by atoms with Crippen molar-refractivity contribution in [2.75, 3.05) is 7.05 Å². The zero-order valence-corrected chi connectivity index (χ0v) is 16.2. The average Bonchev–Trinajstić information content (AvgIpc) is 2.66. The summed E-state index contributed by atoms with van der Waals surface area (Å²) in [5, 5.41) is 12.0. The Bertz CT molecular complexity index is 761. The van der Waals surface area contributed by atoms with Crippen molar-refractivity contribution in [2.45, 2.75) is 45.2 Å². The molecule has 27 heavy (non-hydrogen) atoms. The van der Waals surface area contributed by atoms with Gasteiger partial charge in [0.2, 0.25) is 0 Å². The lowest BCUT2D eigenvalue weighted by Gasteiger charge is -2.29. The maximum absolute atomic E-state index is 12.8. The Labute approximate surface area is 161 Å². The number of carbonyl (C=O) groups excluding carboxylic acids is 1. The lowest BCUT2D eigenvalue weighted by Crippen LogP contribution is -2.45. The van der Waals surface area contributed by atoms with E-state index in [0.29, 0.717) is 12.8 Å². The number of aryl methyl sites for hydroxylation is 1. The minimum atomic E-state index is -0.857. The fraction of sp³-hybridized carbons (Fsp3) is 0.364. The van der Waals surface area contributed by atoms with Crippen LogP contribution in [0.5, 0.6) is 0 Å². The van der Waals surface area contributed by atoms with Gasteiger partial charge in [0.15, 0.2) is 0 Å². The molecule has 0 radical (unpaired) electrons. The molecule has 0 spiro atoms. The predicted molar refractivity (Wildman–Crippen MR) is 107 cm³/mol. The Morgan fingerprint density at radius 1 is 1.07 bits per heavy atom. The van der Waals surface area contributed by atoms with Gasteiger partial charge in [-0.3, -0.25) is 4.79 Å². The highest BCUT2D eigenvalue weighted by molar-refractivity contribution is 5.75. The summed E-state index contributed by atoms with van der Waals surface area (Å²) in [6, 6.07) is 17.3. The Hall–Kier alpha value is -2.82. The highest BCUT2D eigenvalue weighted by Crippen LogP contribution is 2.22. The molecule has 0 aromatic heterocycles.